The van der Waals surface area contributed by atoms with Crippen molar-refractivity contribution in [3.05, 3.63) is 35.9 Å². The molecule has 2 atom stereocenters. The van der Waals surface area contributed by atoms with Gasteiger partial charge in [0.15, 0.2) is 0 Å². The molecule has 0 spiro atoms. The number of carbonyl (C=O) groups is 3. The van der Waals surface area contributed by atoms with E-state index in [0.29, 0.717) is 25.6 Å². The van der Waals surface area contributed by atoms with E-state index in [1.165, 1.54) is 0 Å². The Morgan fingerprint density at radius 2 is 1.93 bits per heavy atom. The van der Waals surface area contributed by atoms with E-state index in [1.807, 2.05) is 44.2 Å². The maximum absolute atomic E-state index is 13.3. The Balaban J connectivity index is 1.71. The topological polar surface area (TPSA) is 73.0 Å². The monoisotopic (exact) mass is 386 g/mol. The average molecular weight is 386 g/mol. The number of piperidine rings is 1. The molecule has 2 fully saturated rings. The molecule has 1 N–H and O–H groups in total. The molecule has 2 heterocycles. The van der Waals surface area contributed by atoms with Gasteiger partial charge in [-0.2, -0.15) is 0 Å². The maximum Gasteiger partial charge on any atom is 0.317 e. The van der Waals surface area contributed by atoms with Crippen LogP contribution >= 0.6 is 0 Å². The van der Waals surface area contributed by atoms with Gasteiger partial charge in [-0.25, -0.2) is 4.79 Å². The second kappa shape index (κ2) is 8.63. The summed E-state index contributed by atoms with van der Waals surface area (Å²) in [6.45, 7) is 5.87. The van der Waals surface area contributed by atoms with Gasteiger partial charge >= 0.3 is 6.03 Å². The third-order valence-electron chi connectivity index (χ3n) is 5.46. The first-order chi connectivity index (χ1) is 13.4. The molecule has 2 aliphatic heterocycles. The fourth-order valence-electron chi connectivity index (χ4n) is 3.92. The second-order valence-corrected chi connectivity index (χ2v) is 8.12. The first-order valence-electron chi connectivity index (χ1n) is 10.0. The molecule has 152 valence electrons. The number of amides is 4. The van der Waals surface area contributed by atoms with Crippen molar-refractivity contribution in [3.8, 4) is 0 Å². The number of nitrogens with one attached hydrogen (secondary N) is 1. The van der Waals surface area contributed by atoms with Crippen LogP contribution in [0, 0.1) is 11.8 Å². The van der Waals surface area contributed by atoms with Crippen LogP contribution in [0.2, 0.25) is 0 Å². The van der Waals surface area contributed by atoms with E-state index in [-0.39, 0.29) is 36.5 Å². The molecular weight excluding hydrogens is 356 g/mol. The van der Waals surface area contributed by atoms with Crippen LogP contribution in [-0.4, -0.2) is 65.8 Å². The largest absolute Gasteiger partial charge is 0.338 e. The Hall–Kier alpha value is -2.57. The predicted molar refractivity (Wildman–Crippen MR) is 106 cm³/mol. The summed E-state index contributed by atoms with van der Waals surface area (Å²) in [5.74, 6) is -0.00882. The highest BCUT2D eigenvalue weighted by Crippen LogP contribution is 2.32. The van der Waals surface area contributed by atoms with E-state index >= 15 is 0 Å². The molecule has 1 aromatic rings. The van der Waals surface area contributed by atoms with E-state index in [0.717, 1.165) is 18.4 Å². The van der Waals surface area contributed by atoms with Crippen LogP contribution in [0.3, 0.4) is 0 Å². The number of nitrogens with zero attached hydrogens (tertiary/aromatic N) is 3. The molecule has 0 aliphatic carbocycles. The number of urea groups is 1. The Kier molecular flexibility index (Phi) is 6.21. The summed E-state index contributed by atoms with van der Waals surface area (Å²) in [5, 5.41) is 2.93. The van der Waals surface area contributed by atoms with Crippen molar-refractivity contribution in [3.63, 3.8) is 0 Å². The fourth-order valence-corrected chi connectivity index (χ4v) is 3.92. The lowest BCUT2D eigenvalue weighted by Gasteiger charge is -2.36. The van der Waals surface area contributed by atoms with Gasteiger partial charge in [0.2, 0.25) is 11.8 Å². The van der Waals surface area contributed by atoms with E-state index in [2.05, 4.69) is 5.32 Å². The Labute approximate surface area is 166 Å². The van der Waals surface area contributed by atoms with Crippen LogP contribution in [0.4, 0.5) is 4.79 Å². The number of carbonyl (C=O) groups excluding carboxylic acids is 3. The van der Waals surface area contributed by atoms with Crippen LogP contribution in [0.25, 0.3) is 0 Å². The Morgan fingerprint density at radius 3 is 2.61 bits per heavy atom. The molecule has 0 aromatic heterocycles. The summed E-state index contributed by atoms with van der Waals surface area (Å²) in [6, 6.07) is 9.51. The molecular formula is C21H30N4O3. The minimum Gasteiger partial charge on any atom is -0.338 e. The second-order valence-electron chi connectivity index (χ2n) is 8.12. The van der Waals surface area contributed by atoms with Gasteiger partial charge in [-0.1, -0.05) is 44.2 Å². The van der Waals surface area contributed by atoms with Crippen LogP contribution in [-0.2, 0) is 9.59 Å². The highest BCUT2D eigenvalue weighted by molar-refractivity contribution is 5.90. The number of benzene rings is 1. The van der Waals surface area contributed by atoms with E-state index in [4.69, 9.17) is 0 Å². The van der Waals surface area contributed by atoms with Crippen molar-refractivity contribution in [2.45, 2.75) is 32.9 Å². The summed E-state index contributed by atoms with van der Waals surface area (Å²) < 4.78 is 0. The van der Waals surface area contributed by atoms with Gasteiger partial charge in [-0.3, -0.25) is 9.59 Å². The van der Waals surface area contributed by atoms with Gasteiger partial charge in [0.1, 0.15) is 12.7 Å². The third kappa shape index (κ3) is 4.29. The third-order valence-corrected chi connectivity index (χ3v) is 5.46. The normalized spacial score (nSPS) is 22.7. The summed E-state index contributed by atoms with van der Waals surface area (Å²) in [4.78, 5) is 43.1. The standard InChI is InChI=1S/C21H30N4O3/c1-15(2)12-22-21(28)24-11-7-10-17(13-24)20(27)25-14-18(26)23(3)19(25)16-8-5-4-6-9-16/h4-6,8-9,15,17,19H,7,10-14H2,1-3H3,(H,22,28)/t17-,19-/m1/s1. The van der Waals surface area contributed by atoms with Gasteiger partial charge < -0.3 is 20.0 Å². The minimum absolute atomic E-state index is 0.0482. The van der Waals surface area contributed by atoms with Gasteiger partial charge in [0.05, 0.1) is 5.92 Å². The van der Waals surface area contributed by atoms with E-state index in [9.17, 15) is 14.4 Å². The average Bonchev–Trinajstić information content (AvgIpc) is 3.00. The highest BCUT2D eigenvalue weighted by Gasteiger charge is 2.42. The molecule has 7 heteroatoms. The lowest BCUT2D eigenvalue weighted by atomic mass is 9.96. The smallest absolute Gasteiger partial charge is 0.317 e. The molecule has 1 aromatic carbocycles. The summed E-state index contributed by atoms with van der Waals surface area (Å²) in [6.07, 6.45) is 1.15. The summed E-state index contributed by atoms with van der Waals surface area (Å²) in [7, 11) is 1.74. The zero-order chi connectivity index (χ0) is 20.3. The number of likely N-dealkylation sites (tertiary alicyclic amines) is 1. The minimum atomic E-state index is -0.383. The lowest BCUT2D eigenvalue weighted by molar-refractivity contribution is -0.139. The van der Waals surface area contributed by atoms with Crippen molar-refractivity contribution < 1.29 is 14.4 Å². The first kappa shape index (κ1) is 20.2. The quantitative estimate of drug-likeness (QED) is 0.861. The van der Waals surface area contributed by atoms with Crippen molar-refractivity contribution in [2.75, 3.05) is 33.2 Å². The Morgan fingerprint density at radius 1 is 1.21 bits per heavy atom. The molecule has 0 unspecified atom stereocenters. The predicted octanol–water partition coefficient (Wildman–Crippen LogP) is 2.06. The van der Waals surface area contributed by atoms with Crippen molar-refractivity contribution in [1.82, 2.24) is 20.0 Å². The van der Waals surface area contributed by atoms with Gasteiger partial charge in [0, 0.05) is 26.7 Å². The van der Waals surface area contributed by atoms with Gasteiger partial charge in [-0.15, -0.1) is 0 Å². The number of hydrogen-bond donors (Lipinski definition) is 1. The maximum atomic E-state index is 13.3. The highest BCUT2D eigenvalue weighted by atomic mass is 16.2. The van der Waals surface area contributed by atoms with Crippen LogP contribution in [0.5, 0.6) is 0 Å². The number of hydrogen-bond acceptors (Lipinski definition) is 3. The zero-order valence-electron chi connectivity index (χ0n) is 16.9. The fraction of sp³-hybridized carbons (Fsp3) is 0.571. The van der Waals surface area contributed by atoms with E-state index in [1.54, 1.807) is 21.7 Å². The molecule has 0 bridgehead atoms. The van der Waals surface area contributed by atoms with Gasteiger partial charge in [0.25, 0.3) is 0 Å². The number of likely N-dealkylation sites (N-methyl/N-ethyl adjacent to an activating group) is 1. The molecule has 2 saturated heterocycles. The molecule has 4 amide bonds. The van der Waals surface area contributed by atoms with Crippen LogP contribution in [0.1, 0.15) is 38.4 Å². The molecule has 0 radical (unpaired) electrons. The van der Waals surface area contributed by atoms with Crippen molar-refractivity contribution in [1.29, 1.82) is 0 Å². The number of rotatable bonds is 4. The van der Waals surface area contributed by atoms with Gasteiger partial charge in [-0.05, 0) is 24.3 Å². The zero-order valence-corrected chi connectivity index (χ0v) is 16.9. The van der Waals surface area contributed by atoms with Crippen LogP contribution in [0.15, 0.2) is 30.3 Å². The summed E-state index contributed by atoms with van der Waals surface area (Å²) >= 11 is 0. The van der Waals surface area contributed by atoms with Crippen LogP contribution < -0.4 is 5.32 Å². The SMILES string of the molecule is CC(C)CNC(=O)N1CCC[C@@H](C(=O)N2CC(=O)N(C)[C@H]2c2ccccc2)C1. The summed E-state index contributed by atoms with van der Waals surface area (Å²) in [5.41, 5.74) is 0.923. The van der Waals surface area contributed by atoms with E-state index < -0.39 is 0 Å². The first-order valence-corrected chi connectivity index (χ1v) is 10.0. The van der Waals surface area contributed by atoms with Crippen molar-refractivity contribution >= 4 is 17.8 Å². The molecule has 7 nitrogen and oxygen atoms in total. The van der Waals surface area contributed by atoms with Crippen molar-refractivity contribution in [2.24, 2.45) is 11.8 Å². The molecule has 0 saturated carbocycles. The Bertz CT molecular complexity index is 722. The molecule has 2 aliphatic rings. The molecule has 28 heavy (non-hydrogen) atoms. The lowest BCUT2D eigenvalue weighted by Crippen LogP contribution is -2.50. The molecule has 3 rings (SSSR count).